The second-order valence-electron chi connectivity index (χ2n) is 6.64. The third-order valence-electron chi connectivity index (χ3n) is 4.61. The van der Waals surface area contributed by atoms with E-state index in [4.69, 9.17) is 13.9 Å². The summed E-state index contributed by atoms with van der Waals surface area (Å²) in [6.45, 7) is 5.78. The van der Waals surface area contributed by atoms with Gasteiger partial charge in [0.1, 0.15) is 23.6 Å². The van der Waals surface area contributed by atoms with E-state index in [1.807, 2.05) is 37.3 Å². The number of aromatic amines is 1. The summed E-state index contributed by atoms with van der Waals surface area (Å²) in [7, 11) is 1.53. The van der Waals surface area contributed by atoms with Crippen molar-refractivity contribution in [3.63, 3.8) is 0 Å². The van der Waals surface area contributed by atoms with Crippen LogP contribution in [0, 0.1) is 13.8 Å². The van der Waals surface area contributed by atoms with E-state index in [1.54, 1.807) is 13.8 Å². The number of fused-ring (bicyclic) bond motifs is 1. The zero-order valence-electron chi connectivity index (χ0n) is 16.4. The highest BCUT2D eigenvalue weighted by atomic mass is 16.6. The molecule has 7 nitrogen and oxygen atoms in total. The Balaban J connectivity index is 1.75. The van der Waals surface area contributed by atoms with Crippen molar-refractivity contribution in [2.24, 2.45) is 0 Å². The molecule has 2 N–H and O–H groups in total. The quantitative estimate of drug-likeness (QED) is 0.479. The smallest absolute Gasteiger partial charge is 0.340 e. The first-order valence-electron chi connectivity index (χ1n) is 9.07. The molecule has 3 aromatic rings. The van der Waals surface area contributed by atoms with Crippen molar-refractivity contribution >= 4 is 22.8 Å². The lowest BCUT2D eigenvalue weighted by Crippen LogP contribution is -2.27. The molecule has 1 unspecified atom stereocenters. The van der Waals surface area contributed by atoms with E-state index < -0.39 is 5.97 Å². The molecule has 2 aromatic heterocycles. The maximum Gasteiger partial charge on any atom is 0.340 e. The number of amides is 1. The van der Waals surface area contributed by atoms with Crippen LogP contribution in [-0.2, 0) is 9.47 Å². The van der Waals surface area contributed by atoms with E-state index in [0.717, 1.165) is 11.0 Å². The van der Waals surface area contributed by atoms with Crippen molar-refractivity contribution in [1.82, 2.24) is 10.3 Å². The Hall–Kier alpha value is -3.06. The van der Waals surface area contributed by atoms with Gasteiger partial charge in [-0.15, -0.1) is 0 Å². The van der Waals surface area contributed by atoms with Crippen molar-refractivity contribution in [3.8, 4) is 0 Å². The number of benzene rings is 1. The third kappa shape index (κ3) is 3.94. The van der Waals surface area contributed by atoms with E-state index in [0.29, 0.717) is 34.9 Å². The molecular weight excluding hydrogens is 360 g/mol. The molecular formula is C21H24N2O5. The molecule has 0 saturated carbocycles. The Morgan fingerprint density at radius 3 is 2.68 bits per heavy atom. The summed E-state index contributed by atoms with van der Waals surface area (Å²) in [5.41, 5.74) is 2.61. The minimum atomic E-state index is -0.479. The number of aryl methyl sites for hydroxylation is 1. The van der Waals surface area contributed by atoms with Gasteiger partial charge in [0.25, 0.3) is 5.91 Å². The average Bonchev–Trinajstić information content (AvgIpc) is 3.22. The molecule has 3 rings (SSSR count). The van der Waals surface area contributed by atoms with Crippen molar-refractivity contribution in [2.75, 3.05) is 20.3 Å². The van der Waals surface area contributed by atoms with E-state index in [2.05, 4.69) is 10.3 Å². The summed E-state index contributed by atoms with van der Waals surface area (Å²) in [4.78, 5) is 28.0. The zero-order valence-corrected chi connectivity index (χ0v) is 16.4. The molecule has 0 radical (unpaired) electrons. The van der Waals surface area contributed by atoms with E-state index in [-0.39, 0.29) is 18.6 Å². The predicted molar refractivity (Wildman–Crippen MR) is 105 cm³/mol. The second-order valence-corrected chi connectivity index (χ2v) is 6.64. The van der Waals surface area contributed by atoms with Crippen LogP contribution < -0.4 is 5.32 Å². The summed E-state index contributed by atoms with van der Waals surface area (Å²) in [6.07, 6.45) is 0. The molecule has 0 aliphatic carbocycles. The molecule has 148 valence electrons. The first-order chi connectivity index (χ1) is 13.4. The van der Waals surface area contributed by atoms with Gasteiger partial charge in [0.2, 0.25) is 0 Å². The normalized spacial score (nSPS) is 12.1. The standard InChI is InChI=1S/C21H24N2O5/c1-12-18(21(25)27-10-9-26-4)14(3)22-19(12)20(24)23-13(2)17-11-15-7-5-6-8-16(15)28-17/h5-8,11,13,22H,9-10H2,1-4H3,(H,23,24). The van der Waals surface area contributed by atoms with Crippen LogP contribution in [0.2, 0.25) is 0 Å². The first kappa shape index (κ1) is 19.7. The Labute approximate surface area is 163 Å². The van der Waals surface area contributed by atoms with Crippen molar-refractivity contribution < 1.29 is 23.5 Å². The number of H-pyrrole nitrogens is 1. The van der Waals surface area contributed by atoms with Crippen LogP contribution >= 0.6 is 0 Å². The number of esters is 1. The van der Waals surface area contributed by atoms with E-state index in [9.17, 15) is 9.59 Å². The molecule has 0 aliphatic heterocycles. The van der Waals surface area contributed by atoms with Gasteiger partial charge >= 0.3 is 5.97 Å². The van der Waals surface area contributed by atoms with E-state index >= 15 is 0 Å². The van der Waals surface area contributed by atoms with Crippen LogP contribution in [-0.4, -0.2) is 37.2 Å². The lowest BCUT2D eigenvalue weighted by atomic mass is 10.1. The predicted octanol–water partition coefficient (Wildman–Crippen LogP) is 3.67. The molecule has 1 amide bonds. The van der Waals surface area contributed by atoms with Crippen molar-refractivity contribution in [3.05, 3.63) is 58.6 Å². The maximum atomic E-state index is 12.8. The number of hydrogen-bond donors (Lipinski definition) is 2. The molecule has 1 aromatic carbocycles. The topological polar surface area (TPSA) is 93.6 Å². The number of carbonyl (C=O) groups is 2. The molecule has 0 aliphatic rings. The maximum absolute atomic E-state index is 12.8. The molecule has 1 atom stereocenters. The number of para-hydroxylation sites is 1. The largest absolute Gasteiger partial charge is 0.460 e. The van der Waals surface area contributed by atoms with Gasteiger partial charge in [-0.1, -0.05) is 18.2 Å². The highest BCUT2D eigenvalue weighted by Gasteiger charge is 2.24. The number of aromatic nitrogens is 1. The van der Waals surface area contributed by atoms with Gasteiger partial charge in [-0.05, 0) is 38.5 Å². The molecule has 7 heteroatoms. The molecule has 0 fully saturated rings. The summed E-state index contributed by atoms with van der Waals surface area (Å²) in [5, 5.41) is 3.89. The van der Waals surface area contributed by atoms with Crippen LogP contribution in [0.15, 0.2) is 34.7 Å². The minimum absolute atomic E-state index is 0.157. The number of nitrogens with one attached hydrogen (secondary N) is 2. The highest BCUT2D eigenvalue weighted by molar-refractivity contribution is 6.00. The Bertz CT molecular complexity index is 969. The number of hydrogen-bond acceptors (Lipinski definition) is 5. The Morgan fingerprint density at radius 2 is 1.96 bits per heavy atom. The fourth-order valence-electron chi connectivity index (χ4n) is 3.13. The molecule has 28 heavy (non-hydrogen) atoms. The molecule has 2 heterocycles. The van der Waals surface area contributed by atoms with Crippen LogP contribution in [0.5, 0.6) is 0 Å². The van der Waals surface area contributed by atoms with Gasteiger partial charge in [-0.25, -0.2) is 4.79 Å². The third-order valence-corrected chi connectivity index (χ3v) is 4.61. The zero-order chi connectivity index (χ0) is 20.3. The van der Waals surface area contributed by atoms with Gasteiger partial charge in [0, 0.05) is 18.2 Å². The summed E-state index contributed by atoms with van der Waals surface area (Å²) < 4.78 is 15.9. The fraction of sp³-hybridized carbons (Fsp3) is 0.333. The Morgan fingerprint density at radius 1 is 1.21 bits per heavy atom. The van der Waals surface area contributed by atoms with Gasteiger partial charge < -0.3 is 24.2 Å². The van der Waals surface area contributed by atoms with Crippen LogP contribution in [0.1, 0.15) is 50.8 Å². The van der Waals surface area contributed by atoms with Gasteiger partial charge in [0.15, 0.2) is 0 Å². The van der Waals surface area contributed by atoms with Gasteiger partial charge in [-0.2, -0.15) is 0 Å². The summed E-state index contributed by atoms with van der Waals surface area (Å²) >= 11 is 0. The monoisotopic (exact) mass is 384 g/mol. The second kappa shape index (κ2) is 8.31. The lowest BCUT2D eigenvalue weighted by Gasteiger charge is -2.11. The van der Waals surface area contributed by atoms with Crippen molar-refractivity contribution in [1.29, 1.82) is 0 Å². The lowest BCUT2D eigenvalue weighted by molar-refractivity contribution is 0.0387. The van der Waals surface area contributed by atoms with Gasteiger partial charge in [-0.3, -0.25) is 4.79 Å². The van der Waals surface area contributed by atoms with E-state index in [1.165, 1.54) is 7.11 Å². The molecule has 0 saturated heterocycles. The number of rotatable bonds is 7. The summed E-state index contributed by atoms with van der Waals surface area (Å²) in [6, 6.07) is 9.25. The number of carbonyl (C=O) groups excluding carboxylic acids is 2. The summed E-state index contributed by atoms with van der Waals surface area (Å²) in [5.74, 6) is -0.133. The minimum Gasteiger partial charge on any atom is -0.460 e. The number of ether oxygens (including phenoxy) is 2. The molecule has 0 spiro atoms. The van der Waals surface area contributed by atoms with Crippen LogP contribution in [0.25, 0.3) is 11.0 Å². The highest BCUT2D eigenvalue weighted by Crippen LogP contribution is 2.25. The van der Waals surface area contributed by atoms with Crippen molar-refractivity contribution in [2.45, 2.75) is 26.8 Å². The Kier molecular flexibility index (Phi) is 5.84. The van der Waals surface area contributed by atoms with Gasteiger partial charge in [0.05, 0.1) is 18.2 Å². The molecule has 0 bridgehead atoms. The average molecular weight is 384 g/mol. The van der Waals surface area contributed by atoms with Crippen LogP contribution in [0.4, 0.5) is 0 Å². The fourth-order valence-corrected chi connectivity index (χ4v) is 3.13. The number of furan rings is 1. The SMILES string of the molecule is COCCOC(=O)c1c(C)[nH]c(C(=O)NC(C)c2cc3ccccc3o2)c1C. The van der Waals surface area contributed by atoms with Crippen LogP contribution in [0.3, 0.4) is 0 Å². The number of methoxy groups -OCH3 is 1. The first-order valence-corrected chi connectivity index (χ1v) is 9.07.